The van der Waals surface area contributed by atoms with Gasteiger partial charge in [0.2, 0.25) is 5.91 Å². The summed E-state index contributed by atoms with van der Waals surface area (Å²) in [5.74, 6) is -0.236. The highest BCUT2D eigenvalue weighted by atomic mass is 79.9. The minimum Gasteiger partial charge on any atom is -0.385 e. The quantitative estimate of drug-likeness (QED) is 0.762. The monoisotopic (exact) mass is 378 g/mol. The molecule has 23 heavy (non-hydrogen) atoms. The van der Waals surface area contributed by atoms with Crippen molar-refractivity contribution in [3.8, 4) is 0 Å². The van der Waals surface area contributed by atoms with Crippen LogP contribution in [0.4, 0.5) is 10.1 Å². The van der Waals surface area contributed by atoms with Crippen molar-refractivity contribution in [1.82, 2.24) is 5.32 Å². The van der Waals surface area contributed by atoms with Gasteiger partial charge in [-0.1, -0.05) is 28.1 Å². The van der Waals surface area contributed by atoms with Crippen LogP contribution >= 0.6 is 15.9 Å². The summed E-state index contributed by atoms with van der Waals surface area (Å²) in [6.45, 7) is 3.17. The molecule has 0 spiro atoms. The second-order valence-corrected chi connectivity index (χ2v) is 6.22. The number of carbonyl (C=O) groups excluding carboxylic acids is 1. The van der Waals surface area contributed by atoms with Crippen molar-refractivity contribution in [2.45, 2.75) is 19.8 Å². The summed E-state index contributed by atoms with van der Waals surface area (Å²) in [7, 11) is 0. The maximum Gasteiger partial charge on any atom is 0.221 e. The standard InChI is InChI=1S/C18H20BrFN2O/c1-13-12-16(6-7-17(13)19)21-11-9-18(23)22-10-8-14-2-4-15(20)5-3-14/h2-7,12,21H,8-11H2,1H3,(H,22,23). The van der Waals surface area contributed by atoms with Gasteiger partial charge in [0.05, 0.1) is 0 Å². The first kappa shape index (κ1) is 17.5. The Labute approximate surface area is 144 Å². The smallest absolute Gasteiger partial charge is 0.221 e. The van der Waals surface area contributed by atoms with Crippen LogP contribution in [0.1, 0.15) is 17.5 Å². The minimum atomic E-state index is -0.243. The Kier molecular flexibility index (Phi) is 6.59. The van der Waals surface area contributed by atoms with E-state index in [1.54, 1.807) is 12.1 Å². The zero-order valence-corrected chi connectivity index (χ0v) is 14.6. The molecule has 0 unspecified atom stereocenters. The molecule has 2 aromatic rings. The second-order valence-electron chi connectivity index (χ2n) is 5.37. The summed E-state index contributed by atoms with van der Waals surface area (Å²) in [6.07, 6.45) is 1.11. The van der Waals surface area contributed by atoms with Gasteiger partial charge in [-0.2, -0.15) is 0 Å². The first-order chi connectivity index (χ1) is 11.0. The molecule has 0 aliphatic carbocycles. The zero-order chi connectivity index (χ0) is 16.7. The third kappa shape index (κ3) is 6.02. The van der Waals surface area contributed by atoms with Crippen molar-refractivity contribution in [2.75, 3.05) is 18.4 Å². The molecule has 1 amide bonds. The van der Waals surface area contributed by atoms with Gasteiger partial charge in [0.15, 0.2) is 0 Å². The lowest BCUT2D eigenvalue weighted by atomic mass is 10.1. The summed E-state index contributed by atoms with van der Waals surface area (Å²) in [5, 5.41) is 6.11. The molecule has 0 aromatic heterocycles. The van der Waals surface area contributed by atoms with Crippen molar-refractivity contribution < 1.29 is 9.18 Å². The van der Waals surface area contributed by atoms with Crippen LogP contribution < -0.4 is 10.6 Å². The summed E-state index contributed by atoms with van der Waals surface area (Å²) in [6, 6.07) is 12.3. The highest BCUT2D eigenvalue weighted by Gasteiger charge is 2.02. The highest BCUT2D eigenvalue weighted by molar-refractivity contribution is 9.10. The molecule has 0 bridgehead atoms. The number of carbonyl (C=O) groups is 1. The number of amides is 1. The van der Waals surface area contributed by atoms with Crippen LogP contribution in [0.3, 0.4) is 0 Å². The van der Waals surface area contributed by atoms with Gasteiger partial charge in [-0.15, -0.1) is 0 Å². The van der Waals surface area contributed by atoms with Crippen molar-refractivity contribution in [2.24, 2.45) is 0 Å². The van der Waals surface area contributed by atoms with Gasteiger partial charge in [-0.25, -0.2) is 4.39 Å². The lowest BCUT2D eigenvalue weighted by Gasteiger charge is -2.09. The molecule has 0 heterocycles. The average molecular weight is 379 g/mol. The van der Waals surface area contributed by atoms with E-state index < -0.39 is 0 Å². The van der Waals surface area contributed by atoms with Crippen LogP contribution in [-0.2, 0) is 11.2 Å². The van der Waals surface area contributed by atoms with Gasteiger partial charge in [-0.3, -0.25) is 4.79 Å². The molecule has 0 fully saturated rings. The summed E-state index contributed by atoms with van der Waals surface area (Å²) >= 11 is 3.46. The first-order valence-electron chi connectivity index (χ1n) is 7.56. The molecule has 5 heteroatoms. The first-order valence-corrected chi connectivity index (χ1v) is 8.35. The summed E-state index contributed by atoms with van der Waals surface area (Å²) in [5.41, 5.74) is 3.17. The molecular formula is C18H20BrFN2O. The van der Waals surface area contributed by atoms with Gasteiger partial charge in [0.25, 0.3) is 0 Å². The molecule has 2 N–H and O–H groups in total. The fraction of sp³-hybridized carbons (Fsp3) is 0.278. The molecule has 0 aliphatic heterocycles. The van der Waals surface area contributed by atoms with Gasteiger partial charge >= 0.3 is 0 Å². The van der Waals surface area contributed by atoms with E-state index in [9.17, 15) is 9.18 Å². The molecule has 122 valence electrons. The van der Waals surface area contributed by atoms with Crippen molar-refractivity contribution in [1.29, 1.82) is 0 Å². The largest absolute Gasteiger partial charge is 0.385 e. The maximum atomic E-state index is 12.8. The Hall–Kier alpha value is -1.88. The number of halogens is 2. The number of aryl methyl sites for hydroxylation is 1. The second kappa shape index (κ2) is 8.67. The SMILES string of the molecule is Cc1cc(NCCC(=O)NCCc2ccc(F)cc2)ccc1Br. The minimum absolute atomic E-state index is 0.00782. The lowest BCUT2D eigenvalue weighted by Crippen LogP contribution is -2.27. The van der Waals surface area contributed by atoms with Crippen LogP contribution in [0.25, 0.3) is 0 Å². The van der Waals surface area contributed by atoms with E-state index in [1.807, 2.05) is 25.1 Å². The van der Waals surface area contributed by atoms with Crippen LogP contribution in [0.2, 0.25) is 0 Å². The Balaban J connectivity index is 1.65. The van der Waals surface area contributed by atoms with Crippen LogP contribution in [-0.4, -0.2) is 19.0 Å². The van der Waals surface area contributed by atoms with E-state index in [4.69, 9.17) is 0 Å². The Morgan fingerprint density at radius 3 is 2.57 bits per heavy atom. The fourth-order valence-corrected chi connectivity index (χ4v) is 2.41. The number of rotatable bonds is 7. The highest BCUT2D eigenvalue weighted by Crippen LogP contribution is 2.19. The van der Waals surface area contributed by atoms with Crippen molar-refractivity contribution in [3.63, 3.8) is 0 Å². The van der Waals surface area contributed by atoms with Crippen molar-refractivity contribution in [3.05, 3.63) is 63.9 Å². The predicted molar refractivity (Wildman–Crippen MR) is 95.1 cm³/mol. The molecule has 0 aliphatic rings. The number of hydrogen-bond acceptors (Lipinski definition) is 2. The summed E-state index contributed by atoms with van der Waals surface area (Å²) < 4.78 is 13.9. The van der Waals surface area contributed by atoms with Gasteiger partial charge < -0.3 is 10.6 Å². The number of nitrogens with one attached hydrogen (secondary N) is 2. The van der Waals surface area contributed by atoms with E-state index in [1.165, 1.54) is 12.1 Å². The molecule has 3 nitrogen and oxygen atoms in total. The zero-order valence-electron chi connectivity index (χ0n) is 13.0. The third-order valence-electron chi connectivity index (χ3n) is 3.49. The Morgan fingerprint density at radius 1 is 1.13 bits per heavy atom. The molecule has 0 atom stereocenters. The molecule has 0 saturated heterocycles. The fourth-order valence-electron chi connectivity index (χ4n) is 2.16. The van der Waals surface area contributed by atoms with Crippen LogP contribution in [0, 0.1) is 12.7 Å². The summed E-state index contributed by atoms with van der Waals surface area (Å²) in [4.78, 5) is 11.8. The van der Waals surface area contributed by atoms with Crippen LogP contribution in [0.15, 0.2) is 46.9 Å². The van der Waals surface area contributed by atoms with Gasteiger partial charge in [0, 0.05) is 29.7 Å². The molecule has 2 rings (SSSR count). The van der Waals surface area contributed by atoms with Gasteiger partial charge in [0.1, 0.15) is 5.82 Å². The molecule has 2 aromatic carbocycles. The number of anilines is 1. The Bertz CT molecular complexity index is 659. The number of benzene rings is 2. The van der Waals surface area contributed by atoms with Gasteiger partial charge in [-0.05, 0) is 54.8 Å². The molecule has 0 saturated carbocycles. The van der Waals surface area contributed by atoms with E-state index >= 15 is 0 Å². The molecule has 0 radical (unpaired) electrons. The van der Waals surface area contributed by atoms with E-state index in [0.29, 0.717) is 25.9 Å². The maximum absolute atomic E-state index is 12.8. The molecular weight excluding hydrogens is 359 g/mol. The predicted octanol–water partition coefficient (Wildman–Crippen LogP) is 4.06. The topological polar surface area (TPSA) is 41.1 Å². The van der Waals surface area contributed by atoms with E-state index in [0.717, 1.165) is 21.3 Å². The Morgan fingerprint density at radius 2 is 1.87 bits per heavy atom. The van der Waals surface area contributed by atoms with E-state index in [2.05, 4.69) is 26.6 Å². The average Bonchev–Trinajstić information content (AvgIpc) is 2.53. The third-order valence-corrected chi connectivity index (χ3v) is 4.38. The lowest BCUT2D eigenvalue weighted by molar-refractivity contribution is -0.120. The van der Waals surface area contributed by atoms with Crippen LogP contribution in [0.5, 0.6) is 0 Å². The normalized spacial score (nSPS) is 10.4. The number of hydrogen-bond donors (Lipinski definition) is 2. The van der Waals surface area contributed by atoms with E-state index in [-0.39, 0.29) is 11.7 Å². The van der Waals surface area contributed by atoms with Crippen molar-refractivity contribution >= 4 is 27.5 Å².